The molecular weight excluding hydrogens is 224 g/mol. The van der Waals surface area contributed by atoms with Gasteiger partial charge in [0.25, 0.3) is 0 Å². The molecule has 0 aliphatic heterocycles. The summed E-state index contributed by atoms with van der Waals surface area (Å²) < 4.78 is 0. The van der Waals surface area contributed by atoms with E-state index in [-0.39, 0.29) is 0 Å². The van der Waals surface area contributed by atoms with E-state index in [0.29, 0.717) is 12.0 Å². The fraction of sp³-hybridized carbons (Fsp3) is 1.00. The van der Waals surface area contributed by atoms with Gasteiger partial charge in [-0.3, -0.25) is 0 Å². The quantitative estimate of drug-likeness (QED) is 0.719. The van der Waals surface area contributed by atoms with Gasteiger partial charge < -0.3 is 16.2 Å². The molecule has 2 fully saturated rings. The summed E-state index contributed by atoms with van der Waals surface area (Å²) in [4.78, 5) is 0. The summed E-state index contributed by atoms with van der Waals surface area (Å²) in [5, 5.41) is 14.2. The molecule has 0 aromatic rings. The minimum atomic E-state index is -0.455. The zero-order valence-electron chi connectivity index (χ0n) is 11.8. The standard InChI is InChI=1S/C15H30N2O/c1-12-6-8-15(18,9-7-12)11-17-14-5-3-2-4-13(14)10-16/h12-14,17-18H,2-11,16H2,1H3. The molecule has 106 valence electrons. The molecule has 0 heterocycles. The number of aliphatic hydroxyl groups is 1. The third kappa shape index (κ3) is 3.69. The van der Waals surface area contributed by atoms with Crippen molar-refractivity contribution in [3.8, 4) is 0 Å². The lowest BCUT2D eigenvalue weighted by molar-refractivity contribution is -0.0106. The average Bonchev–Trinajstić information content (AvgIpc) is 2.41. The second-order valence-electron chi connectivity index (χ2n) is 6.67. The van der Waals surface area contributed by atoms with Crippen LogP contribution in [-0.2, 0) is 0 Å². The summed E-state index contributed by atoms with van der Waals surface area (Å²) >= 11 is 0. The van der Waals surface area contributed by atoms with E-state index in [0.717, 1.165) is 31.8 Å². The normalized spacial score (nSPS) is 41.8. The minimum Gasteiger partial charge on any atom is -0.389 e. The van der Waals surface area contributed by atoms with Gasteiger partial charge in [0.15, 0.2) is 0 Å². The fourth-order valence-corrected chi connectivity index (χ4v) is 3.56. The van der Waals surface area contributed by atoms with E-state index in [2.05, 4.69) is 12.2 Å². The van der Waals surface area contributed by atoms with Gasteiger partial charge in [-0.2, -0.15) is 0 Å². The number of rotatable bonds is 4. The van der Waals surface area contributed by atoms with Crippen LogP contribution in [0.1, 0.15) is 58.3 Å². The summed E-state index contributed by atoms with van der Waals surface area (Å²) in [7, 11) is 0. The Hall–Kier alpha value is -0.120. The fourth-order valence-electron chi connectivity index (χ4n) is 3.56. The molecule has 4 N–H and O–H groups in total. The first-order valence-corrected chi connectivity index (χ1v) is 7.79. The van der Waals surface area contributed by atoms with Crippen LogP contribution in [0.5, 0.6) is 0 Å². The first-order valence-electron chi connectivity index (χ1n) is 7.79. The van der Waals surface area contributed by atoms with Crippen molar-refractivity contribution in [3.63, 3.8) is 0 Å². The molecule has 0 bridgehead atoms. The van der Waals surface area contributed by atoms with Crippen molar-refractivity contribution in [1.82, 2.24) is 5.32 Å². The van der Waals surface area contributed by atoms with E-state index >= 15 is 0 Å². The van der Waals surface area contributed by atoms with Crippen LogP contribution < -0.4 is 11.1 Å². The van der Waals surface area contributed by atoms with Gasteiger partial charge in [-0.25, -0.2) is 0 Å². The molecule has 2 rings (SSSR count). The van der Waals surface area contributed by atoms with Crippen LogP contribution in [0.2, 0.25) is 0 Å². The van der Waals surface area contributed by atoms with Crippen LogP contribution in [0.4, 0.5) is 0 Å². The highest BCUT2D eigenvalue weighted by Crippen LogP contribution is 2.32. The molecule has 0 radical (unpaired) electrons. The van der Waals surface area contributed by atoms with Crippen molar-refractivity contribution in [2.45, 2.75) is 69.9 Å². The zero-order valence-corrected chi connectivity index (χ0v) is 11.8. The maximum atomic E-state index is 10.6. The Morgan fingerprint density at radius 2 is 1.83 bits per heavy atom. The van der Waals surface area contributed by atoms with Crippen molar-refractivity contribution in [3.05, 3.63) is 0 Å². The molecule has 0 spiro atoms. The first kappa shape index (κ1) is 14.3. The Labute approximate surface area is 112 Å². The summed E-state index contributed by atoms with van der Waals surface area (Å²) in [6.07, 6.45) is 9.37. The van der Waals surface area contributed by atoms with Gasteiger partial charge in [0, 0.05) is 12.6 Å². The SMILES string of the molecule is CC1CCC(O)(CNC2CCCCC2CN)CC1. The molecule has 2 aliphatic carbocycles. The minimum absolute atomic E-state index is 0.455. The summed E-state index contributed by atoms with van der Waals surface area (Å²) in [5.41, 5.74) is 5.40. The van der Waals surface area contributed by atoms with E-state index in [1.165, 1.54) is 38.5 Å². The highest BCUT2D eigenvalue weighted by Gasteiger charge is 2.33. The van der Waals surface area contributed by atoms with Crippen molar-refractivity contribution in [2.75, 3.05) is 13.1 Å². The summed E-state index contributed by atoms with van der Waals surface area (Å²) in [6, 6.07) is 0.534. The van der Waals surface area contributed by atoms with E-state index < -0.39 is 5.60 Å². The molecule has 0 amide bonds. The van der Waals surface area contributed by atoms with Crippen molar-refractivity contribution in [1.29, 1.82) is 0 Å². The lowest BCUT2D eigenvalue weighted by Gasteiger charge is -2.38. The predicted octanol–water partition coefficient (Wildman–Crippen LogP) is 2.03. The number of hydrogen-bond acceptors (Lipinski definition) is 3. The highest BCUT2D eigenvalue weighted by molar-refractivity contribution is 4.89. The smallest absolute Gasteiger partial charge is 0.0771 e. The highest BCUT2D eigenvalue weighted by atomic mass is 16.3. The van der Waals surface area contributed by atoms with Crippen LogP contribution in [0.25, 0.3) is 0 Å². The Kier molecular flexibility index (Phi) is 5.05. The molecule has 2 saturated carbocycles. The van der Waals surface area contributed by atoms with Crippen molar-refractivity contribution >= 4 is 0 Å². The van der Waals surface area contributed by atoms with E-state index in [1.807, 2.05) is 0 Å². The van der Waals surface area contributed by atoms with Crippen molar-refractivity contribution in [2.24, 2.45) is 17.6 Å². The molecule has 2 atom stereocenters. The zero-order chi connectivity index (χ0) is 13.0. The first-order chi connectivity index (χ1) is 8.63. The van der Waals surface area contributed by atoms with Gasteiger partial charge in [0.05, 0.1) is 5.60 Å². The lowest BCUT2D eigenvalue weighted by atomic mass is 9.78. The topological polar surface area (TPSA) is 58.3 Å². The predicted molar refractivity (Wildman–Crippen MR) is 75.4 cm³/mol. The Morgan fingerprint density at radius 3 is 2.50 bits per heavy atom. The number of hydrogen-bond donors (Lipinski definition) is 3. The van der Waals surface area contributed by atoms with Crippen LogP contribution in [0.15, 0.2) is 0 Å². The summed E-state index contributed by atoms with van der Waals surface area (Å²) in [6.45, 7) is 3.84. The molecule has 0 saturated heterocycles. The molecule has 0 aromatic carbocycles. The lowest BCUT2D eigenvalue weighted by Crippen LogP contribution is -2.50. The maximum absolute atomic E-state index is 10.6. The van der Waals surface area contributed by atoms with Gasteiger partial charge in [-0.1, -0.05) is 19.8 Å². The van der Waals surface area contributed by atoms with Crippen LogP contribution in [-0.4, -0.2) is 29.8 Å². The third-order valence-corrected chi connectivity index (χ3v) is 5.11. The van der Waals surface area contributed by atoms with E-state index in [9.17, 15) is 5.11 Å². The van der Waals surface area contributed by atoms with Gasteiger partial charge in [0.1, 0.15) is 0 Å². The number of nitrogens with one attached hydrogen (secondary N) is 1. The Bertz CT molecular complexity index is 249. The average molecular weight is 254 g/mol. The molecule has 2 unspecified atom stereocenters. The molecule has 18 heavy (non-hydrogen) atoms. The van der Waals surface area contributed by atoms with Crippen molar-refractivity contribution < 1.29 is 5.11 Å². The Balaban J connectivity index is 1.79. The molecule has 2 aliphatic rings. The van der Waals surface area contributed by atoms with Gasteiger partial charge >= 0.3 is 0 Å². The molecule has 0 aromatic heterocycles. The van der Waals surface area contributed by atoms with Crippen LogP contribution in [0.3, 0.4) is 0 Å². The monoisotopic (exact) mass is 254 g/mol. The van der Waals surface area contributed by atoms with Gasteiger partial charge in [-0.15, -0.1) is 0 Å². The maximum Gasteiger partial charge on any atom is 0.0771 e. The van der Waals surface area contributed by atoms with Gasteiger partial charge in [-0.05, 0) is 56.9 Å². The Morgan fingerprint density at radius 1 is 1.17 bits per heavy atom. The third-order valence-electron chi connectivity index (χ3n) is 5.11. The molecule has 3 heteroatoms. The van der Waals surface area contributed by atoms with Gasteiger partial charge in [0.2, 0.25) is 0 Å². The van der Waals surface area contributed by atoms with E-state index in [4.69, 9.17) is 5.73 Å². The molecule has 3 nitrogen and oxygen atoms in total. The summed E-state index contributed by atoms with van der Waals surface area (Å²) in [5.74, 6) is 1.40. The second-order valence-corrected chi connectivity index (χ2v) is 6.67. The van der Waals surface area contributed by atoms with Crippen LogP contribution in [0, 0.1) is 11.8 Å². The van der Waals surface area contributed by atoms with Crippen LogP contribution >= 0.6 is 0 Å². The molecular formula is C15H30N2O. The second kappa shape index (κ2) is 6.36. The largest absolute Gasteiger partial charge is 0.389 e. The number of nitrogens with two attached hydrogens (primary N) is 1. The van der Waals surface area contributed by atoms with E-state index in [1.54, 1.807) is 0 Å².